The van der Waals surface area contributed by atoms with Crippen LogP contribution < -0.4 is 5.32 Å². The minimum atomic E-state index is -0.220. The molecule has 6 heteroatoms. The molecule has 1 N–H and O–H groups in total. The lowest BCUT2D eigenvalue weighted by atomic mass is 9.96. The maximum Gasteiger partial charge on any atom is 0.317 e. The van der Waals surface area contributed by atoms with E-state index in [2.05, 4.69) is 14.9 Å². The van der Waals surface area contributed by atoms with Crippen molar-refractivity contribution in [1.82, 2.24) is 19.8 Å². The zero-order valence-electron chi connectivity index (χ0n) is 13.9. The van der Waals surface area contributed by atoms with Gasteiger partial charge in [-0.1, -0.05) is 18.2 Å². The highest BCUT2D eigenvalue weighted by Crippen LogP contribution is 2.26. The van der Waals surface area contributed by atoms with Crippen LogP contribution in [0.4, 0.5) is 9.18 Å². The van der Waals surface area contributed by atoms with Gasteiger partial charge in [0.05, 0.1) is 0 Å². The van der Waals surface area contributed by atoms with E-state index in [0.717, 1.165) is 31.8 Å². The van der Waals surface area contributed by atoms with Gasteiger partial charge in [0.2, 0.25) is 0 Å². The second kappa shape index (κ2) is 7.47. The number of carbonyl (C=O) groups is 1. The van der Waals surface area contributed by atoms with E-state index in [1.165, 1.54) is 6.07 Å². The summed E-state index contributed by atoms with van der Waals surface area (Å²) in [5.74, 6) is 1.28. The molecule has 2 heterocycles. The van der Waals surface area contributed by atoms with E-state index in [1.807, 2.05) is 30.4 Å². The number of imidazole rings is 1. The number of rotatable bonds is 4. The molecule has 0 atom stereocenters. The van der Waals surface area contributed by atoms with Gasteiger partial charge in [-0.25, -0.2) is 14.2 Å². The van der Waals surface area contributed by atoms with Gasteiger partial charge in [0.25, 0.3) is 0 Å². The van der Waals surface area contributed by atoms with Crippen LogP contribution in [0.25, 0.3) is 0 Å². The predicted molar refractivity (Wildman–Crippen MR) is 90.3 cm³/mol. The van der Waals surface area contributed by atoms with Crippen molar-refractivity contribution in [2.45, 2.75) is 25.2 Å². The summed E-state index contributed by atoms with van der Waals surface area (Å²) in [6, 6.07) is 6.61. The van der Waals surface area contributed by atoms with E-state index in [0.29, 0.717) is 24.4 Å². The molecule has 0 bridgehead atoms. The Bertz CT molecular complexity index is 692. The number of carbonyl (C=O) groups excluding carboxylic acids is 1. The fourth-order valence-electron chi connectivity index (χ4n) is 3.23. The molecule has 0 spiro atoms. The number of nitrogens with one attached hydrogen (secondary N) is 1. The van der Waals surface area contributed by atoms with Crippen LogP contribution in [0.5, 0.6) is 0 Å². The molecule has 0 saturated carbocycles. The fourth-order valence-corrected chi connectivity index (χ4v) is 3.23. The average molecular weight is 330 g/mol. The standard InChI is InChI=1S/C18H23FN4O/c1-22-13-10-20-17(22)15-7-11-23(12-8-15)18(24)21-9-6-14-4-2-3-5-16(14)19/h2-5,10,13,15H,6-9,11-12H2,1H3,(H,21,24). The van der Waals surface area contributed by atoms with Crippen molar-refractivity contribution in [2.75, 3.05) is 19.6 Å². The first-order valence-corrected chi connectivity index (χ1v) is 8.38. The van der Waals surface area contributed by atoms with Crippen LogP contribution in [0, 0.1) is 5.82 Å². The largest absolute Gasteiger partial charge is 0.338 e. The molecule has 3 rings (SSSR count). The molecule has 0 radical (unpaired) electrons. The van der Waals surface area contributed by atoms with Gasteiger partial charge < -0.3 is 14.8 Å². The van der Waals surface area contributed by atoms with Crippen LogP contribution >= 0.6 is 0 Å². The van der Waals surface area contributed by atoms with E-state index in [4.69, 9.17) is 0 Å². The van der Waals surface area contributed by atoms with Crippen molar-refractivity contribution < 1.29 is 9.18 Å². The highest BCUT2D eigenvalue weighted by atomic mass is 19.1. The number of urea groups is 1. The minimum absolute atomic E-state index is 0.0652. The number of piperidine rings is 1. The van der Waals surface area contributed by atoms with E-state index in [-0.39, 0.29) is 11.8 Å². The Morgan fingerprint density at radius 1 is 1.33 bits per heavy atom. The van der Waals surface area contributed by atoms with E-state index in [1.54, 1.807) is 12.1 Å². The van der Waals surface area contributed by atoms with Gasteiger partial charge in [0, 0.05) is 45.0 Å². The number of amides is 2. The second-order valence-electron chi connectivity index (χ2n) is 6.23. The normalized spacial score (nSPS) is 15.5. The summed E-state index contributed by atoms with van der Waals surface area (Å²) in [5.41, 5.74) is 0.631. The smallest absolute Gasteiger partial charge is 0.317 e. The average Bonchev–Trinajstić information content (AvgIpc) is 3.03. The number of likely N-dealkylation sites (tertiary alicyclic amines) is 1. The molecular weight excluding hydrogens is 307 g/mol. The first-order valence-electron chi connectivity index (χ1n) is 8.38. The molecule has 2 amide bonds. The number of hydrogen-bond acceptors (Lipinski definition) is 2. The first kappa shape index (κ1) is 16.5. The summed E-state index contributed by atoms with van der Waals surface area (Å²) < 4.78 is 15.6. The first-order chi connectivity index (χ1) is 11.6. The molecule has 2 aromatic rings. The maximum atomic E-state index is 13.5. The zero-order chi connectivity index (χ0) is 16.9. The van der Waals surface area contributed by atoms with Crippen LogP contribution in [0.3, 0.4) is 0 Å². The van der Waals surface area contributed by atoms with Crippen molar-refractivity contribution >= 4 is 6.03 Å². The Morgan fingerprint density at radius 3 is 2.75 bits per heavy atom. The highest BCUT2D eigenvalue weighted by molar-refractivity contribution is 5.74. The molecule has 1 saturated heterocycles. The lowest BCUT2D eigenvalue weighted by Crippen LogP contribution is -2.44. The van der Waals surface area contributed by atoms with Crippen LogP contribution in [0.1, 0.15) is 30.1 Å². The van der Waals surface area contributed by atoms with Gasteiger partial charge in [0.1, 0.15) is 11.6 Å². The van der Waals surface area contributed by atoms with Crippen molar-refractivity contribution in [3.8, 4) is 0 Å². The monoisotopic (exact) mass is 330 g/mol. The topological polar surface area (TPSA) is 50.2 Å². The van der Waals surface area contributed by atoms with Gasteiger partial charge in [-0.15, -0.1) is 0 Å². The summed E-state index contributed by atoms with van der Waals surface area (Å²) in [6.45, 7) is 1.89. The Labute approximate surface area is 141 Å². The molecule has 0 unspecified atom stereocenters. The third-order valence-electron chi connectivity index (χ3n) is 4.63. The third-order valence-corrected chi connectivity index (χ3v) is 4.63. The van der Waals surface area contributed by atoms with Crippen molar-refractivity contribution in [3.05, 3.63) is 53.9 Å². The summed E-state index contributed by atoms with van der Waals surface area (Å²) in [7, 11) is 2.00. The van der Waals surface area contributed by atoms with Crippen LogP contribution in [-0.2, 0) is 13.5 Å². The Balaban J connectivity index is 1.44. The molecule has 24 heavy (non-hydrogen) atoms. The van der Waals surface area contributed by atoms with Gasteiger partial charge in [-0.05, 0) is 30.9 Å². The molecule has 1 aliphatic rings. The van der Waals surface area contributed by atoms with Gasteiger partial charge in [-0.3, -0.25) is 0 Å². The molecule has 1 aromatic carbocycles. The summed E-state index contributed by atoms with van der Waals surface area (Å²) in [4.78, 5) is 18.5. The quantitative estimate of drug-likeness (QED) is 0.937. The fraction of sp³-hybridized carbons (Fsp3) is 0.444. The molecule has 1 aromatic heterocycles. The number of aryl methyl sites for hydroxylation is 1. The van der Waals surface area contributed by atoms with E-state index >= 15 is 0 Å². The molecule has 5 nitrogen and oxygen atoms in total. The highest BCUT2D eigenvalue weighted by Gasteiger charge is 2.25. The van der Waals surface area contributed by atoms with Crippen molar-refractivity contribution in [1.29, 1.82) is 0 Å². The molecule has 1 aliphatic heterocycles. The Hall–Kier alpha value is -2.37. The van der Waals surface area contributed by atoms with Crippen LogP contribution in [-0.4, -0.2) is 40.1 Å². The van der Waals surface area contributed by atoms with Crippen LogP contribution in [0.2, 0.25) is 0 Å². The number of nitrogens with zero attached hydrogens (tertiary/aromatic N) is 3. The van der Waals surface area contributed by atoms with Crippen molar-refractivity contribution in [2.24, 2.45) is 7.05 Å². The number of aromatic nitrogens is 2. The van der Waals surface area contributed by atoms with Crippen LogP contribution in [0.15, 0.2) is 36.7 Å². The molecular formula is C18H23FN4O. The number of halogens is 1. The van der Waals surface area contributed by atoms with E-state index < -0.39 is 0 Å². The summed E-state index contributed by atoms with van der Waals surface area (Å²) >= 11 is 0. The van der Waals surface area contributed by atoms with E-state index in [9.17, 15) is 9.18 Å². The second-order valence-corrected chi connectivity index (χ2v) is 6.23. The maximum absolute atomic E-state index is 13.5. The SMILES string of the molecule is Cn1ccnc1C1CCN(C(=O)NCCc2ccccc2F)CC1. The molecule has 1 fully saturated rings. The minimum Gasteiger partial charge on any atom is -0.338 e. The van der Waals surface area contributed by atoms with Crippen molar-refractivity contribution in [3.63, 3.8) is 0 Å². The van der Waals surface area contributed by atoms with Gasteiger partial charge in [-0.2, -0.15) is 0 Å². The Kier molecular flexibility index (Phi) is 5.13. The molecule has 0 aliphatic carbocycles. The third kappa shape index (κ3) is 3.75. The summed E-state index contributed by atoms with van der Waals surface area (Å²) in [6.07, 6.45) is 6.12. The summed E-state index contributed by atoms with van der Waals surface area (Å²) in [5, 5.41) is 2.89. The predicted octanol–water partition coefficient (Wildman–Crippen LogP) is 2.69. The lowest BCUT2D eigenvalue weighted by Gasteiger charge is -2.31. The lowest BCUT2D eigenvalue weighted by molar-refractivity contribution is 0.180. The van der Waals surface area contributed by atoms with Gasteiger partial charge in [0.15, 0.2) is 0 Å². The Morgan fingerprint density at radius 2 is 2.08 bits per heavy atom. The van der Waals surface area contributed by atoms with Gasteiger partial charge >= 0.3 is 6.03 Å². The zero-order valence-corrected chi connectivity index (χ0v) is 13.9. The number of hydrogen-bond donors (Lipinski definition) is 1. The number of benzene rings is 1. The molecule has 128 valence electrons.